The molecule has 2 aromatic rings. The molecule has 1 heterocycles. The molecule has 0 aliphatic rings. The summed E-state index contributed by atoms with van der Waals surface area (Å²) in [6.45, 7) is 3.78. The van der Waals surface area contributed by atoms with E-state index >= 15 is 0 Å². The monoisotopic (exact) mass is 271 g/mol. The second kappa shape index (κ2) is 5.56. The molecule has 0 bridgehead atoms. The van der Waals surface area contributed by atoms with Gasteiger partial charge in [-0.2, -0.15) is 0 Å². The Labute approximate surface area is 117 Å². The number of amidine groups is 1. The highest BCUT2D eigenvalue weighted by molar-refractivity contribution is 6.02. The first-order valence-electron chi connectivity index (χ1n) is 6.15. The molecule has 6 heteroatoms. The quantitative estimate of drug-likeness (QED) is 0.385. The fourth-order valence-corrected chi connectivity index (χ4v) is 1.99. The molecule has 0 aliphatic heterocycles. The van der Waals surface area contributed by atoms with Crippen molar-refractivity contribution in [3.8, 4) is 0 Å². The summed E-state index contributed by atoms with van der Waals surface area (Å²) in [5.74, 6) is 0.800. The summed E-state index contributed by atoms with van der Waals surface area (Å²) in [6.07, 6.45) is 1.72. The zero-order valence-corrected chi connectivity index (χ0v) is 11.7. The number of hydrogen-bond acceptors (Lipinski definition) is 5. The lowest BCUT2D eigenvalue weighted by molar-refractivity contribution is 0.318. The molecule has 6 nitrogen and oxygen atoms in total. The number of para-hydroxylation sites is 1. The van der Waals surface area contributed by atoms with Crippen LogP contribution in [0.1, 0.15) is 17.0 Å². The van der Waals surface area contributed by atoms with Crippen LogP contribution in [0.2, 0.25) is 0 Å². The van der Waals surface area contributed by atoms with Crippen molar-refractivity contribution in [2.75, 3.05) is 11.9 Å². The van der Waals surface area contributed by atoms with Gasteiger partial charge in [-0.3, -0.25) is 4.98 Å². The van der Waals surface area contributed by atoms with E-state index in [4.69, 9.17) is 10.9 Å². The number of nitrogens with two attached hydrogens (primary N) is 1. The molecular formula is C14H17N5O. The van der Waals surface area contributed by atoms with Gasteiger partial charge in [0.2, 0.25) is 0 Å². The SMILES string of the molecule is Cc1cnc(C)c(N(C)c2ccccc2/C(N)=N/O)n1. The molecule has 2 rings (SSSR count). The zero-order chi connectivity index (χ0) is 14.7. The van der Waals surface area contributed by atoms with E-state index in [1.807, 2.05) is 44.0 Å². The summed E-state index contributed by atoms with van der Waals surface area (Å²) in [7, 11) is 1.87. The van der Waals surface area contributed by atoms with Crippen LogP contribution in [-0.2, 0) is 0 Å². The van der Waals surface area contributed by atoms with Crippen LogP contribution < -0.4 is 10.6 Å². The van der Waals surface area contributed by atoms with Crippen LogP contribution >= 0.6 is 0 Å². The number of hydrogen-bond donors (Lipinski definition) is 2. The topological polar surface area (TPSA) is 87.6 Å². The minimum atomic E-state index is 0.0608. The van der Waals surface area contributed by atoms with Gasteiger partial charge in [0.1, 0.15) is 0 Å². The summed E-state index contributed by atoms with van der Waals surface area (Å²) in [5, 5.41) is 11.9. The van der Waals surface area contributed by atoms with E-state index in [-0.39, 0.29) is 5.84 Å². The highest BCUT2D eigenvalue weighted by atomic mass is 16.4. The maximum Gasteiger partial charge on any atom is 0.172 e. The molecule has 0 atom stereocenters. The van der Waals surface area contributed by atoms with Crippen LogP contribution in [-0.4, -0.2) is 28.1 Å². The summed E-state index contributed by atoms with van der Waals surface area (Å²) >= 11 is 0. The van der Waals surface area contributed by atoms with Crippen molar-refractivity contribution in [1.29, 1.82) is 0 Å². The van der Waals surface area contributed by atoms with E-state index in [2.05, 4.69) is 15.1 Å². The standard InChI is InChI=1S/C14H17N5O/c1-9-8-16-10(2)14(17-9)19(3)12-7-5-4-6-11(12)13(15)18-20/h4-8,20H,1-3H3,(H2,15,18). The summed E-state index contributed by atoms with van der Waals surface area (Å²) in [5.41, 5.74) is 8.80. The molecule has 1 aromatic carbocycles. The Morgan fingerprint density at radius 2 is 2.00 bits per heavy atom. The number of aryl methyl sites for hydroxylation is 2. The molecule has 0 radical (unpaired) electrons. The molecule has 0 aliphatic carbocycles. The average Bonchev–Trinajstić information content (AvgIpc) is 2.48. The van der Waals surface area contributed by atoms with E-state index in [0.717, 1.165) is 22.9 Å². The number of aromatic nitrogens is 2. The normalized spacial score (nSPS) is 11.4. The lowest BCUT2D eigenvalue weighted by Crippen LogP contribution is -2.21. The maximum atomic E-state index is 8.88. The van der Waals surface area contributed by atoms with Crippen LogP contribution in [0, 0.1) is 13.8 Å². The Morgan fingerprint density at radius 3 is 2.70 bits per heavy atom. The Bertz CT molecular complexity index is 654. The largest absolute Gasteiger partial charge is 0.409 e. The maximum absolute atomic E-state index is 8.88. The van der Waals surface area contributed by atoms with Crippen LogP contribution in [0.4, 0.5) is 11.5 Å². The fraction of sp³-hybridized carbons (Fsp3) is 0.214. The first kappa shape index (κ1) is 13.8. The van der Waals surface area contributed by atoms with Crippen LogP contribution in [0.25, 0.3) is 0 Å². The van der Waals surface area contributed by atoms with Crippen LogP contribution in [0.3, 0.4) is 0 Å². The molecule has 104 valence electrons. The van der Waals surface area contributed by atoms with Crippen molar-refractivity contribution in [2.45, 2.75) is 13.8 Å². The molecule has 0 fully saturated rings. The molecule has 0 unspecified atom stereocenters. The van der Waals surface area contributed by atoms with Crippen molar-refractivity contribution >= 4 is 17.3 Å². The summed E-state index contributed by atoms with van der Waals surface area (Å²) < 4.78 is 0. The van der Waals surface area contributed by atoms with Gasteiger partial charge in [-0.05, 0) is 26.0 Å². The minimum absolute atomic E-state index is 0.0608. The van der Waals surface area contributed by atoms with E-state index in [9.17, 15) is 0 Å². The van der Waals surface area contributed by atoms with Crippen molar-refractivity contribution in [3.63, 3.8) is 0 Å². The first-order chi connectivity index (χ1) is 9.54. The molecule has 0 spiro atoms. The molecule has 3 N–H and O–H groups in total. The number of oxime groups is 1. The van der Waals surface area contributed by atoms with E-state index in [0.29, 0.717) is 5.56 Å². The first-order valence-corrected chi connectivity index (χ1v) is 6.15. The molecule has 0 amide bonds. The third-order valence-electron chi connectivity index (χ3n) is 3.02. The Morgan fingerprint density at radius 1 is 1.30 bits per heavy atom. The smallest absolute Gasteiger partial charge is 0.172 e. The Kier molecular flexibility index (Phi) is 3.84. The van der Waals surface area contributed by atoms with Gasteiger partial charge in [-0.15, -0.1) is 0 Å². The van der Waals surface area contributed by atoms with E-state index in [1.54, 1.807) is 12.3 Å². The zero-order valence-electron chi connectivity index (χ0n) is 11.7. The Balaban J connectivity index is 2.54. The third kappa shape index (κ3) is 2.54. The van der Waals surface area contributed by atoms with E-state index < -0.39 is 0 Å². The van der Waals surface area contributed by atoms with Crippen molar-refractivity contribution < 1.29 is 5.21 Å². The van der Waals surface area contributed by atoms with Gasteiger partial charge in [-0.1, -0.05) is 17.3 Å². The minimum Gasteiger partial charge on any atom is -0.409 e. The summed E-state index contributed by atoms with van der Waals surface area (Å²) in [6, 6.07) is 7.40. The Hall–Kier alpha value is -2.63. The van der Waals surface area contributed by atoms with Crippen molar-refractivity contribution in [1.82, 2.24) is 9.97 Å². The van der Waals surface area contributed by atoms with Crippen molar-refractivity contribution in [2.24, 2.45) is 10.9 Å². The second-order valence-electron chi connectivity index (χ2n) is 4.48. The molecule has 0 saturated carbocycles. The lowest BCUT2D eigenvalue weighted by Gasteiger charge is -2.22. The summed E-state index contributed by atoms with van der Waals surface area (Å²) in [4.78, 5) is 10.7. The number of nitrogens with zero attached hydrogens (tertiary/aromatic N) is 4. The fourth-order valence-electron chi connectivity index (χ4n) is 1.99. The van der Waals surface area contributed by atoms with Crippen LogP contribution in [0.15, 0.2) is 35.6 Å². The van der Waals surface area contributed by atoms with Gasteiger partial charge in [0.15, 0.2) is 11.7 Å². The molecule has 0 saturated heterocycles. The lowest BCUT2D eigenvalue weighted by atomic mass is 10.1. The third-order valence-corrected chi connectivity index (χ3v) is 3.02. The number of rotatable bonds is 3. The predicted molar refractivity (Wildman–Crippen MR) is 78.5 cm³/mol. The molecular weight excluding hydrogens is 254 g/mol. The van der Waals surface area contributed by atoms with Gasteiger partial charge < -0.3 is 15.8 Å². The highest BCUT2D eigenvalue weighted by Crippen LogP contribution is 2.27. The molecule has 1 aromatic heterocycles. The predicted octanol–water partition coefficient (Wildman–Crippen LogP) is 1.96. The van der Waals surface area contributed by atoms with E-state index in [1.165, 1.54) is 0 Å². The van der Waals surface area contributed by atoms with Gasteiger partial charge in [0, 0.05) is 18.8 Å². The second-order valence-corrected chi connectivity index (χ2v) is 4.48. The van der Waals surface area contributed by atoms with Gasteiger partial charge >= 0.3 is 0 Å². The average molecular weight is 271 g/mol. The number of benzene rings is 1. The highest BCUT2D eigenvalue weighted by Gasteiger charge is 2.15. The van der Waals surface area contributed by atoms with Crippen molar-refractivity contribution in [3.05, 3.63) is 47.4 Å². The van der Waals surface area contributed by atoms with Gasteiger partial charge in [0.25, 0.3) is 0 Å². The van der Waals surface area contributed by atoms with Gasteiger partial charge in [0.05, 0.1) is 17.1 Å². The molecule has 20 heavy (non-hydrogen) atoms. The number of anilines is 2. The van der Waals surface area contributed by atoms with Crippen LogP contribution in [0.5, 0.6) is 0 Å². The van der Waals surface area contributed by atoms with Gasteiger partial charge in [-0.25, -0.2) is 4.98 Å².